The molecule has 0 spiro atoms. The first-order valence-electron chi connectivity index (χ1n) is 6.70. The van der Waals surface area contributed by atoms with Crippen LogP contribution in [-0.2, 0) is 11.2 Å². The molecule has 21 heavy (non-hydrogen) atoms. The summed E-state index contributed by atoms with van der Waals surface area (Å²) in [5, 5.41) is 3.20. The number of halogens is 3. The van der Waals surface area contributed by atoms with Gasteiger partial charge in [-0.2, -0.15) is 0 Å². The highest BCUT2D eigenvalue weighted by Crippen LogP contribution is 2.23. The molecule has 4 nitrogen and oxygen atoms in total. The van der Waals surface area contributed by atoms with Crippen LogP contribution in [0.3, 0.4) is 0 Å². The maximum atomic E-state index is 12.2. The molecule has 1 saturated heterocycles. The maximum absolute atomic E-state index is 12.2. The number of nitrogens with zero attached hydrogens (tertiary/aromatic N) is 1. The summed E-state index contributed by atoms with van der Waals surface area (Å²) in [4.78, 5) is 14.0. The fraction of sp³-hybridized carbons (Fsp3) is 0.500. The molecule has 2 rings (SSSR count). The highest BCUT2D eigenvalue weighted by atomic mass is 19.4. The van der Waals surface area contributed by atoms with Crippen molar-refractivity contribution in [3.05, 3.63) is 29.8 Å². The van der Waals surface area contributed by atoms with Gasteiger partial charge in [-0.05, 0) is 24.6 Å². The third kappa shape index (κ3) is 4.63. The first-order valence-corrected chi connectivity index (χ1v) is 6.70. The Kier molecular flexibility index (Phi) is 4.72. The molecule has 1 heterocycles. The second-order valence-electron chi connectivity index (χ2n) is 5.01. The molecule has 0 saturated carbocycles. The van der Waals surface area contributed by atoms with Crippen molar-refractivity contribution in [1.29, 1.82) is 0 Å². The summed E-state index contributed by atoms with van der Waals surface area (Å²) in [5.74, 6) is -0.303. The van der Waals surface area contributed by atoms with Gasteiger partial charge in [0.15, 0.2) is 0 Å². The fourth-order valence-corrected chi connectivity index (χ4v) is 2.30. The number of hydrogen-bond acceptors (Lipinski definition) is 3. The third-order valence-corrected chi connectivity index (χ3v) is 3.33. The van der Waals surface area contributed by atoms with Crippen molar-refractivity contribution >= 4 is 5.91 Å². The van der Waals surface area contributed by atoms with E-state index in [1.54, 1.807) is 4.90 Å². The monoisotopic (exact) mass is 302 g/mol. The molecule has 1 aromatic rings. The molecule has 1 fully saturated rings. The smallest absolute Gasteiger partial charge is 0.406 e. The Morgan fingerprint density at radius 2 is 2.05 bits per heavy atom. The van der Waals surface area contributed by atoms with E-state index in [4.69, 9.17) is 0 Å². The van der Waals surface area contributed by atoms with Crippen molar-refractivity contribution in [2.45, 2.75) is 25.7 Å². The average molecular weight is 302 g/mol. The SMILES string of the molecule is C[C@H]1CNCCN1C(=O)Cc1ccc(OC(F)(F)F)cc1. The molecule has 1 aromatic carbocycles. The first kappa shape index (κ1) is 15.6. The molecule has 0 aliphatic carbocycles. The zero-order valence-corrected chi connectivity index (χ0v) is 11.6. The maximum Gasteiger partial charge on any atom is 0.573 e. The summed E-state index contributed by atoms with van der Waals surface area (Å²) in [6.45, 7) is 4.12. The molecular weight excluding hydrogens is 285 g/mol. The van der Waals surface area contributed by atoms with Gasteiger partial charge in [0.1, 0.15) is 5.75 Å². The minimum Gasteiger partial charge on any atom is -0.406 e. The number of carbonyl (C=O) groups is 1. The third-order valence-electron chi connectivity index (χ3n) is 3.33. The summed E-state index contributed by atoms with van der Waals surface area (Å²) in [5.41, 5.74) is 0.667. The van der Waals surface area contributed by atoms with Crippen LogP contribution in [0.1, 0.15) is 12.5 Å². The topological polar surface area (TPSA) is 41.6 Å². The van der Waals surface area contributed by atoms with E-state index in [1.807, 2.05) is 6.92 Å². The van der Waals surface area contributed by atoms with E-state index in [0.29, 0.717) is 12.1 Å². The van der Waals surface area contributed by atoms with Crippen LogP contribution in [-0.4, -0.2) is 42.8 Å². The van der Waals surface area contributed by atoms with Gasteiger partial charge in [-0.25, -0.2) is 0 Å². The Balaban J connectivity index is 1.95. The van der Waals surface area contributed by atoms with Crippen molar-refractivity contribution in [2.75, 3.05) is 19.6 Å². The molecule has 1 aliphatic rings. The van der Waals surface area contributed by atoms with Gasteiger partial charge in [0, 0.05) is 25.7 Å². The van der Waals surface area contributed by atoms with E-state index in [1.165, 1.54) is 24.3 Å². The normalized spacial score (nSPS) is 19.4. The van der Waals surface area contributed by atoms with Crippen LogP contribution in [0, 0.1) is 0 Å². The highest BCUT2D eigenvalue weighted by Gasteiger charge is 2.31. The number of amides is 1. The van der Waals surface area contributed by atoms with E-state index in [-0.39, 0.29) is 24.1 Å². The van der Waals surface area contributed by atoms with Crippen LogP contribution in [0.5, 0.6) is 5.75 Å². The van der Waals surface area contributed by atoms with Crippen molar-refractivity contribution in [1.82, 2.24) is 10.2 Å². The predicted octanol–water partition coefficient (Wildman–Crippen LogP) is 1.95. The lowest BCUT2D eigenvalue weighted by atomic mass is 10.1. The van der Waals surface area contributed by atoms with Gasteiger partial charge < -0.3 is 15.0 Å². The Morgan fingerprint density at radius 3 is 2.62 bits per heavy atom. The number of ether oxygens (including phenoxy) is 1. The van der Waals surface area contributed by atoms with Gasteiger partial charge in [0.05, 0.1) is 6.42 Å². The number of carbonyl (C=O) groups excluding carboxylic acids is 1. The van der Waals surface area contributed by atoms with Gasteiger partial charge >= 0.3 is 6.36 Å². The number of alkyl halides is 3. The van der Waals surface area contributed by atoms with E-state index in [0.717, 1.165) is 13.1 Å². The number of piperazine rings is 1. The molecule has 116 valence electrons. The van der Waals surface area contributed by atoms with Crippen LogP contribution >= 0.6 is 0 Å². The fourth-order valence-electron chi connectivity index (χ4n) is 2.30. The number of hydrogen-bond donors (Lipinski definition) is 1. The second-order valence-corrected chi connectivity index (χ2v) is 5.01. The van der Waals surface area contributed by atoms with Crippen molar-refractivity contribution in [3.8, 4) is 5.75 Å². The highest BCUT2D eigenvalue weighted by molar-refractivity contribution is 5.79. The van der Waals surface area contributed by atoms with Gasteiger partial charge in [-0.1, -0.05) is 12.1 Å². The molecule has 7 heteroatoms. The quantitative estimate of drug-likeness (QED) is 0.928. The predicted molar refractivity (Wildman–Crippen MR) is 70.9 cm³/mol. The summed E-state index contributed by atoms with van der Waals surface area (Å²) in [6.07, 6.45) is -4.52. The average Bonchev–Trinajstić information content (AvgIpc) is 2.40. The van der Waals surface area contributed by atoms with E-state index in [2.05, 4.69) is 10.1 Å². The van der Waals surface area contributed by atoms with Crippen molar-refractivity contribution in [3.63, 3.8) is 0 Å². The molecule has 0 unspecified atom stereocenters. The largest absolute Gasteiger partial charge is 0.573 e. The van der Waals surface area contributed by atoms with Crippen LogP contribution in [0.4, 0.5) is 13.2 Å². The van der Waals surface area contributed by atoms with Crippen LogP contribution in [0.25, 0.3) is 0 Å². The molecule has 1 atom stereocenters. The van der Waals surface area contributed by atoms with Gasteiger partial charge in [-0.15, -0.1) is 13.2 Å². The summed E-state index contributed by atoms with van der Waals surface area (Å²) in [6, 6.07) is 5.52. The zero-order valence-electron chi connectivity index (χ0n) is 11.6. The Labute approximate surface area is 120 Å². The van der Waals surface area contributed by atoms with Gasteiger partial charge in [0.2, 0.25) is 5.91 Å². The number of nitrogens with one attached hydrogen (secondary N) is 1. The molecule has 0 aromatic heterocycles. The minimum atomic E-state index is -4.70. The molecular formula is C14H17F3N2O2. The van der Waals surface area contributed by atoms with Crippen LogP contribution < -0.4 is 10.1 Å². The molecule has 0 radical (unpaired) electrons. The Hall–Kier alpha value is -1.76. The summed E-state index contributed by atoms with van der Waals surface area (Å²) in [7, 11) is 0. The van der Waals surface area contributed by atoms with E-state index >= 15 is 0 Å². The van der Waals surface area contributed by atoms with E-state index < -0.39 is 6.36 Å². The lowest BCUT2D eigenvalue weighted by Crippen LogP contribution is -2.52. The standard InChI is InChI=1S/C14H17F3N2O2/c1-10-9-18-6-7-19(10)13(20)8-11-2-4-12(5-3-11)21-14(15,16)17/h2-5,10,18H,6-9H2,1H3/t10-/m0/s1. The Bertz CT molecular complexity index is 488. The zero-order chi connectivity index (χ0) is 15.5. The van der Waals surface area contributed by atoms with Crippen molar-refractivity contribution in [2.24, 2.45) is 0 Å². The lowest BCUT2D eigenvalue weighted by molar-refractivity contribution is -0.274. The van der Waals surface area contributed by atoms with Gasteiger partial charge in [-0.3, -0.25) is 4.79 Å². The summed E-state index contributed by atoms with van der Waals surface area (Å²) < 4.78 is 39.9. The lowest BCUT2D eigenvalue weighted by Gasteiger charge is -2.34. The first-order chi connectivity index (χ1) is 9.85. The van der Waals surface area contributed by atoms with Gasteiger partial charge in [0.25, 0.3) is 0 Å². The molecule has 1 N–H and O–H groups in total. The molecule has 0 bridgehead atoms. The number of rotatable bonds is 3. The number of benzene rings is 1. The van der Waals surface area contributed by atoms with Crippen molar-refractivity contribution < 1.29 is 22.7 Å². The molecule has 1 amide bonds. The minimum absolute atomic E-state index is 0.0199. The Morgan fingerprint density at radius 1 is 1.38 bits per heavy atom. The van der Waals surface area contributed by atoms with E-state index in [9.17, 15) is 18.0 Å². The second kappa shape index (κ2) is 6.34. The van der Waals surface area contributed by atoms with Crippen LogP contribution in [0.15, 0.2) is 24.3 Å². The molecule has 1 aliphatic heterocycles. The summed E-state index contributed by atoms with van der Waals surface area (Å²) >= 11 is 0. The van der Waals surface area contributed by atoms with Crippen LogP contribution in [0.2, 0.25) is 0 Å².